The van der Waals surface area contributed by atoms with Gasteiger partial charge in [0.25, 0.3) is 0 Å². The molecule has 0 bridgehead atoms. The van der Waals surface area contributed by atoms with Crippen molar-refractivity contribution in [3.05, 3.63) is 77.3 Å². The Morgan fingerprint density at radius 2 is 1.92 bits per heavy atom. The molecule has 2 N–H and O–H groups in total. The first kappa shape index (κ1) is 14.2. The van der Waals surface area contributed by atoms with Crippen molar-refractivity contribution in [3.8, 4) is 11.1 Å². The molecule has 5 nitrogen and oxygen atoms in total. The predicted molar refractivity (Wildman–Crippen MR) is 89.7 cm³/mol. The van der Waals surface area contributed by atoms with E-state index in [1.165, 1.54) is 12.1 Å². The summed E-state index contributed by atoms with van der Waals surface area (Å²) in [5.74, 6) is -0.793. The molecule has 0 spiro atoms. The maximum atomic E-state index is 13.3. The zero-order valence-corrected chi connectivity index (χ0v) is 12.4. The standard InChI is InChI=1S/C18H12FN3O2/c19-13-2-1-3-14(8-13)21-15-6-12(9-20-10-15)11-4-5-16-17(7-11)24-18(23)22-16/h1-10,21H,(H,22,23). The quantitative estimate of drug-likeness (QED) is 0.597. The minimum absolute atomic E-state index is 0.308. The highest BCUT2D eigenvalue weighted by Gasteiger charge is 2.06. The van der Waals surface area contributed by atoms with Gasteiger partial charge >= 0.3 is 5.76 Å². The Labute approximate surface area is 135 Å². The summed E-state index contributed by atoms with van der Waals surface area (Å²) >= 11 is 0. The van der Waals surface area contributed by atoms with Gasteiger partial charge in [-0.25, -0.2) is 9.18 Å². The summed E-state index contributed by atoms with van der Waals surface area (Å²) in [5, 5.41) is 3.11. The van der Waals surface area contributed by atoms with Crippen LogP contribution in [0.2, 0.25) is 0 Å². The molecule has 2 aromatic heterocycles. The van der Waals surface area contributed by atoms with Crippen LogP contribution in [0.4, 0.5) is 15.8 Å². The number of fused-ring (bicyclic) bond motifs is 1. The maximum Gasteiger partial charge on any atom is 0.417 e. The summed E-state index contributed by atoms with van der Waals surface area (Å²) in [5.41, 5.74) is 4.21. The van der Waals surface area contributed by atoms with Crippen molar-refractivity contribution in [1.29, 1.82) is 0 Å². The van der Waals surface area contributed by atoms with Crippen LogP contribution >= 0.6 is 0 Å². The molecule has 0 fully saturated rings. The lowest BCUT2D eigenvalue weighted by Gasteiger charge is -2.08. The molecular weight excluding hydrogens is 309 g/mol. The zero-order valence-electron chi connectivity index (χ0n) is 12.4. The molecule has 2 heterocycles. The van der Waals surface area contributed by atoms with E-state index < -0.39 is 5.76 Å². The Morgan fingerprint density at radius 3 is 2.79 bits per heavy atom. The molecule has 0 atom stereocenters. The van der Waals surface area contributed by atoms with Gasteiger partial charge in [0.05, 0.1) is 17.4 Å². The number of aromatic amines is 1. The van der Waals surface area contributed by atoms with Crippen LogP contribution in [0.5, 0.6) is 0 Å². The number of oxazole rings is 1. The van der Waals surface area contributed by atoms with E-state index >= 15 is 0 Å². The largest absolute Gasteiger partial charge is 0.417 e. The molecular formula is C18H12FN3O2. The number of pyridine rings is 1. The fraction of sp³-hybridized carbons (Fsp3) is 0. The van der Waals surface area contributed by atoms with Gasteiger partial charge in [-0.1, -0.05) is 12.1 Å². The van der Waals surface area contributed by atoms with Crippen molar-refractivity contribution in [3.63, 3.8) is 0 Å². The number of rotatable bonds is 3. The lowest BCUT2D eigenvalue weighted by molar-refractivity contribution is 0.555. The van der Waals surface area contributed by atoms with Gasteiger partial charge in [-0.15, -0.1) is 0 Å². The van der Waals surface area contributed by atoms with Crippen LogP contribution in [0.25, 0.3) is 22.2 Å². The smallest absolute Gasteiger partial charge is 0.408 e. The highest BCUT2D eigenvalue weighted by Crippen LogP contribution is 2.26. The normalized spacial score (nSPS) is 10.9. The van der Waals surface area contributed by atoms with E-state index in [0.717, 1.165) is 16.8 Å². The number of nitrogens with zero attached hydrogens (tertiary/aromatic N) is 1. The highest BCUT2D eigenvalue weighted by molar-refractivity contribution is 5.80. The molecule has 2 aromatic carbocycles. The number of H-pyrrole nitrogens is 1. The van der Waals surface area contributed by atoms with Crippen LogP contribution in [0.3, 0.4) is 0 Å². The molecule has 4 aromatic rings. The SMILES string of the molecule is O=c1[nH]c2ccc(-c3cncc(Nc4cccc(F)c4)c3)cc2o1. The Morgan fingerprint density at radius 1 is 1.00 bits per heavy atom. The molecule has 0 aliphatic heterocycles. The minimum Gasteiger partial charge on any atom is -0.408 e. The van der Waals surface area contributed by atoms with Gasteiger partial charge in [0.15, 0.2) is 5.58 Å². The van der Waals surface area contributed by atoms with E-state index in [1.807, 2.05) is 12.1 Å². The van der Waals surface area contributed by atoms with Crippen LogP contribution in [0.1, 0.15) is 0 Å². The third kappa shape index (κ3) is 2.77. The Bertz CT molecular complexity index is 1080. The lowest BCUT2D eigenvalue weighted by Crippen LogP contribution is -1.92. The van der Waals surface area contributed by atoms with Crippen molar-refractivity contribution in [2.24, 2.45) is 0 Å². The van der Waals surface area contributed by atoms with Crippen molar-refractivity contribution in [2.45, 2.75) is 0 Å². The summed E-state index contributed by atoms with van der Waals surface area (Å²) < 4.78 is 18.4. The molecule has 118 valence electrons. The molecule has 0 saturated carbocycles. The van der Waals surface area contributed by atoms with Crippen molar-refractivity contribution < 1.29 is 8.81 Å². The van der Waals surface area contributed by atoms with Crippen LogP contribution in [-0.4, -0.2) is 9.97 Å². The van der Waals surface area contributed by atoms with E-state index in [-0.39, 0.29) is 5.82 Å². The van der Waals surface area contributed by atoms with Gasteiger partial charge in [-0.05, 0) is 42.0 Å². The lowest BCUT2D eigenvalue weighted by atomic mass is 10.1. The Hall–Kier alpha value is -3.41. The molecule has 24 heavy (non-hydrogen) atoms. The molecule has 4 rings (SSSR count). The number of hydrogen-bond acceptors (Lipinski definition) is 4. The molecule has 0 radical (unpaired) electrons. The van der Waals surface area contributed by atoms with Crippen molar-refractivity contribution in [2.75, 3.05) is 5.32 Å². The van der Waals surface area contributed by atoms with Crippen LogP contribution in [0, 0.1) is 5.82 Å². The number of anilines is 2. The predicted octanol–water partition coefficient (Wildman–Crippen LogP) is 4.07. The average Bonchev–Trinajstić information content (AvgIpc) is 2.94. The van der Waals surface area contributed by atoms with E-state index in [4.69, 9.17) is 4.42 Å². The van der Waals surface area contributed by atoms with Crippen LogP contribution < -0.4 is 11.1 Å². The first-order valence-corrected chi connectivity index (χ1v) is 7.28. The van der Waals surface area contributed by atoms with Crippen LogP contribution in [0.15, 0.2) is 70.1 Å². The first-order valence-electron chi connectivity index (χ1n) is 7.28. The number of benzene rings is 2. The third-order valence-corrected chi connectivity index (χ3v) is 3.61. The molecule has 0 unspecified atom stereocenters. The number of aromatic nitrogens is 2. The molecule has 0 amide bonds. The second-order valence-corrected chi connectivity index (χ2v) is 5.32. The minimum atomic E-state index is -0.484. The fourth-order valence-corrected chi connectivity index (χ4v) is 2.52. The molecule has 6 heteroatoms. The second kappa shape index (κ2) is 5.66. The van der Waals surface area contributed by atoms with Gasteiger partial charge < -0.3 is 9.73 Å². The Kier molecular flexibility index (Phi) is 3.35. The van der Waals surface area contributed by atoms with Gasteiger partial charge in [-0.3, -0.25) is 9.97 Å². The number of nitrogens with one attached hydrogen (secondary N) is 2. The monoisotopic (exact) mass is 321 g/mol. The van der Waals surface area contributed by atoms with Gasteiger partial charge in [-0.2, -0.15) is 0 Å². The summed E-state index contributed by atoms with van der Waals surface area (Å²) in [6.45, 7) is 0. The van der Waals surface area contributed by atoms with Crippen molar-refractivity contribution >= 4 is 22.5 Å². The average molecular weight is 321 g/mol. The number of halogens is 1. The van der Waals surface area contributed by atoms with E-state index in [0.29, 0.717) is 16.8 Å². The summed E-state index contributed by atoms with van der Waals surface area (Å²) in [6.07, 6.45) is 3.37. The van der Waals surface area contributed by atoms with Crippen LogP contribution in [-0.2, 0) is 0 Å². The Balaban J connectivity index is 1.69. The molecule has 0 aliphatic rings. The number of hydrogen-bond donors (Lipinski definition) is 2. The van der Waals surface area contributed by atoms with Gasteiger partial charge in [0.1, 0.15) is 5.82 Å². The van der Waals surface area contributed by atoms with E-state index in [1.54, 1.807) is 36.7 Å². The first-order chi connectivity index (χ1) is 11.7. The van der Waals surface area contributed by atoms with E-state index in [2.05, 4.69) is 15.3 Å². The second-order valence-electron chi connectivity index (χ2n) is 5.32. The van der Waals surface area contributed by atoms with Gasteiger partial charge in [0, 0.05) is 17.4 Å². The highest BCUT2D eigenvalue weighted by atomic mass is 19.1. The zero-order chi connectivity index (χ0) is 16.5. The van der Waals surface area contributed by atoms with Gasteiger partial charge in [0.2, 0.25) is 0 Å². The van der Waals surface area contributed by atoms with E-state index in [9.17, 15) is 9.18 Å². The fourth-order valence-electron chi connectivity index (χ4n) is 2.52. The maximum absolute atomic E-state index is 13.3. The topological polar surface area (TPSA) is 70.9 Å². The molecule has 0 saturated heterocycles. The van der Waals surface area contributed by atoms with Crippen molar-refractivity contribution in [1.82, 2.24) is 9.97 Å². The summed E-state index contributed by atoms with van der Waals surface area (Å²) in [6, 6.07) is 13.5. The summed E-state index contributed by atoms with van der Waals surface area (Å²) in [7, 11) is 0. The third-order valence-electron chi connectivity index (χ3n) is 3.61. The summed E-state index contributed by atoms with van der Waals surface area (Å²) in [4.78, 5) is 18.1. The molecule has 0 aliphatic carbocycles.